The molecule has 0 fully saturated rings. The van der Waals surface area contributed by atoms with Crippen molar-refractivity contribution in [2.75, 3.05) is 14.2 Å². The molecule has 0 bridgehead atoms. The summed E-state index contributed by atoms with van der Waals surface area (Å²) in [6.07, 6.45) is 2.01. The Labute approximate surface area is 140 Å². The van der Waals surface area contributed by atoms with E-state index in [2.05, 4.69) is 5.16 Å². The number of amides is 1. The van der Waals surface area contributed by atoms with E-state index >= 15 is 0 Å². The number of likely N-dealkylation sites (N-methyl/N-ethyl adjacent to an activating group) is 1. The molecule has 24 heavy (non-hydrogen) atoms. The summed E-state index contributed by atoms with van der Waals surface area (Å²) in [5.74, 6) is 1.37. The Morgan fingerprint density at radius 2 is 2.08 bits per heavy atom. The smallest absolute Gasteiger partial charge is 0.269 e. The molecule has 1 aliphatic heterocycles. The monoisotopic (exact) mass is 328 g/mol. The van der Waals surface area contributed by atoms with E-state index < -0.39 is 5.60 Å². The van der Waals surface area contributed by atoms with Crippen LogP contribution in [0.5, 0.6) is 5.75 Å². The van der Waals surface area contributed by atoms with E-state index in [1.807, 2.05) is 30.3 Å². The number of ether oxygens (including phenoxy) is 1. The average molecular weight is 328 g/mol. The molecule has 3 rings (SSSR count). The molecule has 0 N–H and O–H groups in total. The quantitative estimate of drug-likeness (QED) is 0.846. The minimum Gasteiger partial charge on any atom is -0.497 e. The molecule has 0 saturated heterocycles. The van der Waals surface area contributed by atoms with Crippen LogP contribution < -0.4 is 4.74 Å². The molecule has 6 heteroatoms. The van der Waals surface area contributed by atoms with Crippen LogP contribution in [0.4, 0.5) is 0 Å². The number of furan rings is 1. The first-order valence-electron chi connectivity index (χ1n) is 7.69. The summed E-state index contributed by atoms with van der Waals surface area (Å²) in [5.41, 5.74) is 0.664. The SMILES string of the molecule is COc1ccc(C2=NO[C@](C)(C(=O)N(C)Cc3ccco3)C2)cc1. The second-order valence-corrected chi connectivity index (χ2v) is 6.01. The van der Waals surface area contributed by atoms with E-state index in [0.29, 0.717) is 13.0 Å². The number of carbonyl (C=O) groups is 1. The number of methoxy groups -OCH3 is 1. The van der Waals surface area contributed by atoms with Crippen molar-refractivity contribution in [3.63, 3.8) is 0 Å². The van der Waals surface area contributed by atoms with E-state index in [1.54, 1.807) is 38.3 Å². The van der Waals surface area contributed by atoms with Crippen LogP contribution >= 0.6 is 0 Å². The van der Waals surface area contributed by atoms with Crippen LogP contribution in [-0.2, 0) is 16.2 Å². The van der Waals surface area contributed by atoms with Crippen LogP contribution in [0.1, 0.15) is 24.7 Å². The Hall–Kier alpha value is -2.76. The highest BCUT2D eigenvalue weighted by atomic mass is 16.7. The van der Waals surface area contributed by atoms with Crippen molar-refractivity contribution < 1.29 is 18.8 Å². The summed E-state index contributed by atoms with van der Waals surface area (Å²) in [7, 11) is 3.35. The van der Waals surface area contributed by atoms with Crippen molar-refractivity contribution in [2.45, 2.75) is 25.5 Å². The van der Waals surface area contributed by atoms with Gasteiger partial charge in [0.2, 0.25) is 5.60 Å². The third-order valence-corrected chi connectivity index (χ3v) is 4.06. The Morgan fingerprint density at radius 3 is 2.71 bits per heavy atom. The number of carbonyl (C=O) groups excluding carboxylic acids is 1. The topological polar surface area (TPSA) is 64.3 Å². The van der Waals surface area contributed by atoms with Crippen LogP contribution in [0.2, 0.25) is 0 Å². The Balaban J connectivity index is 1.67. The molecule has 1 aliphatic rings. The summed E-state index contributed by atoms with van der Waals surface area (Å²) < 4.78 is 10.4. The molecule has 0 aliphatic carbocycles. The fourth-order valence-corrected chi connectivity index (χ4v) is 2.70. The first kappa shape index (κ1) is 16.1. The van der Waals surface area contributed by atoms with E-state index in [1.165, 1.54) is 0 Å². The number of nitrogens with zero attached hydrogens (tertiary/aromatic N) is 2. The van der Waals surface area contributed by atoms with E-state index in [4.69, 9.17) is 14.0 Å². The van der Waals surface area contributed by atoms with Gasteiger partial charge in [-0.05, 0) is 48.9 Å². The third-order valence-electron chi connectivity index (χ3n) is 4.06. The second-order valence-electron chi connectivity index (χ2n) is 6.01. The first-order chi connectivity index (χ1) is 11.5. The summed E-state index contributed by atoms with van der Waals surface area (Å²) in [4.78, 5) is 19.8. The van der Waals surface area contributed by atoms with Crippen LogP contribution in [-0.4, -0.2) is 36.3 Å². The lowest BCUT2D eigenvalue weighted by Crippen LogP contribution is -2.45. The van der Waals surface area contributed by atoms with E-state index in [0.717, 1.165) is 22.8 Å². The molecule has 0 radical (unpaired) electrons. The largest absolute Gasteiger partial charge is 0.497 e. The minimum absolute atomic E-state index is 0.133. The van der Waals surface area contributed by atoms with Crippen molar-refractivity contribution in [1.29, 1.82) is 0 Å². The molecule has 2 heterocycles. The zero-order valence-electron chi connectivity index (χ0n) is 14.0. The molecular formula is C18H20N2O4. The zero-order chi connectivity index (χ0) is 17.2. The highest BCUT2D eigenvalue weighted by molar-refractivity contribution is 6.05. The number of hydrogen-bond donors (Lipinski definition) is 0. The van der Waals surface area contributed by atoms with E-state index in [9.17, 15) is 4.79 Å². The van der Waals surface area contributed by atoms with Gasteiger partial charge in [0, 0.05) is 13.5 Å². The number of rotatable bonds is 5. The third kappa shape index (κ3) is 3.13. The van der Waals surface area contributed by atoms with Crippen LogP contribution in [0, 0.1) is 0 Å². The van der Waals surface area contributed by atoms with Gasteiger partial charge in [-0.25, -0.2) is 0 Å². The lowest BCUT2D eigenvalue weighted by atomic mass is 9.94. The summed E-state index contributed by atoms with van der Waals surface area (Å²) in [6.45, 7) is 2.15. The average Bonchev–Trinajstić information content (AvgIpc) is 3.24. The van der Waals surface area contributed by atoms with Crippen molar-refractivity contribution in [2.24, 2.45) is 5.16 Å². The molecule has 0 unspecified atom stereocenters. The first-order valence-corrected chi connectivity index (χ1v) is 7.69. The minimum atomic E-state index is -1.00. The van der Waals surface area contributed by atoms with Gasteiger partial charge in [0.1, 0.15) is 11.5 Å². The molecule has 1 atom stereocenters. The van der Waals surface area contributed by atoms with Crippen molar-refractivity contribution in [3.8, 4) is 5.75 Å². The highest BCUT2D eigenvalue weighted by Crippen LogP contribution is 2.29. The van der Waals surface area contributed by atoms with Crippen molar-refractivity contribution >= 4 is 11.6 Å². The Bertz CT molecular complexity index is 737. The number of hydrogen-bond acceptors (Lipinski definition) is 5. The van der Waals surface area contributed by atoms with E-state index in [-0.39, 0.29) is 5.91 Å². The van der Waals surface area contributed by atoms with Crippen LogP contribution in [0.15, 0.2) is 52.2 Å². The fourth-order valence-electron chi connectivity index (χ4n) is 2.70. The standard InChI is InChI=1S/C18H20N2O4/c1-18(17(21)20(2)12-15-5-4-10-23-15)11-16(19-24-18)13-6-8-14(22-3)9-7-13/h4-10H,11-12H2,1-3H3/t18-/m0/s1. The summed E-state index contributed by atoms with van der Waals surface area (Å²) >= 11 is 0. The Kier molecular flexibility index (Phi) is 4.29. The van der Waals surface area contributed by atoms with Crippen molar-refractivity contribution in [3.05, 3.63) is 54.0 Å². The number of oxime groups is 1. The van der Waals surface area contributed by atoms with Gasteiger partial charge >= 0.3 is 0 Å². The molecule has 1 aromatic carbocycles. The predicted octanol–water partition coefficient (Wildman–Crippen LogP) is 2.83. The highest BCUT2D eigenvalue weighted by Gasteiger charge is 2.44. The molecular weight excluding hydrogens is 308 g/mol. The molecule has 0 spiro atoms. The van der Waals surface area contributed by atoms with Gasteiger partial charge in [-0.15, -0.1) is 0 Å². The maximum absolute atomic E-state index is 12.7. The molecule has 1 aromatic heterocycles. The second kappa shape index (κ2) is 6.39. The van der Waals surface area contributed by atoms with Crippen LogP contribution in [0.25, 0.3) is 0 Å². The summed E-state index contributed by atoms with van der Waals surface area (Å²) in [6, 6.07) is 11.2. The van der Waals surface area contributed by atoms with Gasteiger partial charge in [-0.3, -0.25) is 4.79 Å². The van der Waals surface area contributed by atoms with Gasteiger partial charge in [0.15, 0.2) is 0 Å². The normalized spacial score (nSPS) is 19.5. The maximum atomic E-state index is 12.7. The molecule has 6 nitrogen and oxygen atoms in total. The lowest BCUT2D eigenvalue weighted by Gasteiger charge is -2.26. The zero-order valence-corrected chi connectivity index (χ0v) is 14.0. The Morgan fingerprint density at radius 1 is 1.33 bits per heavy atom. The van der Waals surface area contributed by atoms with Crippen LogP contribution in [0.3, 0.4) is 0 Å². The van der Waals surface area contributed by atoms with Gasteiger partial charge < -0.3 is 18.9 Å². The molecule has 1 amide bonds. The lowest BCUT2D eigenvalue weighted by molar-refractivity contribution is -0.152. The molecule has 2 aromatic rings. The van der Waals surface area contributed by atoms with Gasteiger partial charge in [0.25, 0.3) is 5.91 Å². The summed E-state index contributed by atoms with van der Waals surface area (Å²) in [5, 5.41) is 4.12. The van der Waals surface area contributed by atoms with Gasteiger partial charge in [0.05, 0.1) is 25.6 Å². The van der Waals surface area contributed by atoms with Crippen molar-refractivity contribution in [1.82, 2.24) is 4.90 Å². The molecule has 0 saturated carbocycles. The van der Waals surface area contributed by atoms with Gasteiger partial charge in [-0.1, -0.05) is 5.16 Å². The molecule has 126 valence electrons. The van der Waals surface area contributed by atoms with Gasteiger partial charge in [-0.2, -0.15) is 0 Å². The predicted molar refractivity (Wildman–Crippen MR) is 88.8 cm³/mol. The number of benzene rings is 1. The fraction of sp³-hybridized carbons (Fsp3) is 0.333. The maximum Gasteiger partial charge on any atom is 0.269 e.